The first-order chi connectivity index (χ1) is 7.22. The van der Waals surface area contributed by atoms with Crippen LogP contribution in [0.4, 0.5) is 0 Å². The van der Waals surface area contributed by atoms with Crippen molar-refractivity contribution in [2.75, 3.05) is 13.1 Å². The topological polar surface area (TPSA) is 57.9 Å². The van der Waals surface area contributed by atoms with Crippen molar-refractivity contribution < 1.29 is 0 Å². The van der Waals surface area contributed by atoms with Crippen LogP contribution in [-0.4, -0.2) is 28.1 Å². The zero-order valence-electron chi connectivity index (χ0n) is 9.79. The van der Waals surface area contributed by atoms with Crippen molar-refractivity contribution >= 4 is 0 Å². The van der Waals surface area contributed by atoms with Crippen LogP contribution in [0, 0.1) is 6.92 Å². The molecule has 4 heteroatoms. The van der Waals surface area contributed by atoms with Crippen LogP contribution in [0.25, 0.3) is 0 Å². The summed E-state index contributed by atoms with van der Waals surface area (Å²) >= 11 is 0. The van der Waals surface area contributed by atoms with Gasteiger partial charge in [-0.2, -0.15) is 0 Å². The Morgan fingerprint density at radius 3 is 2.33 bits per heavy atom. The molecule has 0 aromatic carbocycles. The maximum Gasteiger partial charge on any atom is 0.105 e. The summed E-state index contributed by atoms with van der Waals surface area (Å²) in [4.78, 5) is 7.19. The van der Waals surface area contributed by atoms with Gasteiger partial charge >= 0.3 is 0 Å². The smallest absolute Gasteiger partial charge is 0.105 e. The van der Waals surface area contributed by atoms with Gasteiger partial charge in [-0.1, -0.05) is 13.3 Å². The molecule has 1 fully saturated rings. The number of rotatable bonds is 1. The Labute approximate surface area is 91.8 Å². The van der Waals surface area contributed by atoms with Crippen LogP contribution in [0.1, 0.15) is 37.7 Å². The average Bonchev–Trinajstić information content (AvgIpc) is 2.66. The summed E-state index contributed by atoms with van der Waals surface area (Å²) in [5.41, 5.74) is 1.14. The molecule has 0 aliphatic carbocycles. The SMILES string of the molecule is CCc1ncc(C)[nH]1.NN1CCCCC1. The van der Waals surface area contributed by atoms with Gasteiger partial charge in [-0.25, -0.2) is 9.99 Å². The Bertz CT molecular complexity index is 263. The molecule has 0 spiro atoms. The van der Waals surface area contributed by atoms with Crippen LogP contribution in [0.3, 0.4) is 0 Å². The Balaban J connectivity index is 0.000000151. The number of aromatic amines is 1. The van der Waals surface area contributed by atoms with Crippen LogP contribution < -0.4 is 5.84 Å². The van der Waals surface area contributed by atoms with Crippen molar-refractivity contribution in [2.24, 2.45) is 5.84 Å². The van der Waals surface area contributed by atoms with Crippen molar-refractivity contribution in [1.29, 1.82) is 0 Å². The van der Waals surface area contributed by atoms with Gasteiger partial charge in [-0.15, -0.1) is 0 Å². The van der Waals surface area contributed by atoms with Gasteiger partial charge in [0.25, 0.3) is 0 Å². The molecule has 86 valence electrons. The largest absolute Gasteiger partial charge is 0.346 e. The lowest BCUT2D eigenvalue weighted by atomic mass is 10.2. The van der Waals surface area contributed by atoms with Crippen molar-refractivity contribution in [2.45, 2.75) is 39.5 Å². The van der Waals surface area contributed by atoms with Crippen molar-refractivity contribution in [3.63, 3.8) is 0 Å². The fourth-order valence-corrected chi connectivity index (χ4v) is 1.56. The van der Waals surface area contributed by atoms with E-state index in [-0.39, 0.29) is 0 Å². The molecule has 0 atom stereocenters. The van der Waals surface area contributed by atoms with Gasteiger partial charge in [0, 0.05) is 31.4 Å². The van der Waals surface area contributed by atoms with Gasteiger partial charge < -0.3 is 4.98 Å². The van der Waals surface area contributed by atoms with Crippen molar-refractivity contribution in [3.05, 3.63) is 17.7 Å². The number of aryl methyl sites for hydroxylation is 2. The highest BCUT2D eigenvalue weighted by Gasteiger charge is 2.02. The summed E-state index contributed by atoms with van der Waals surface area (Å²) in [6.07, 6.45) is 6.79. The van der Waals surface area contributed by atoms with E-state index < -0.39 is 0 Å². The highest BCUT2D eigenvalue weighted by atomic mass is 15.4. The second-order valence-electron chi connectivity index (χ2n) is 3.96. The Kier molecular flexibility index (Phi) is 5.36. The highest BCUT2D eigenvalue weighted by molar-refractivity contribution is 4.97. The minimum Gasteiger partial charge on any atom is -0.346 e. The lowest BCUT2D eigenvalue weighted by Gasteiger charge is -2.20. The Morgan fingerprint density at radius 1 is 1.40 bits per heavy atom. The van der Waals surface area contributed by atoms with E-state index in [2.05, 4.69) is 16.9 Å². The molecule has 1 aromatic heterocycles. The summed E-state index contributed by atoms with van der Waals surface area (Å²) in [6, 6.07) is 0. The van der Waals surface area contributed by atoms with Gasteiger partial charge in [-0.05, 0) is 19.8 Å². The summed E-state index contributed by atoms with van der Waals surface area (Å²) in [5.74, 6) is 6.54. The van der Waals surface area contributed by atoms with E-state index in [0.29, 0.717) is 0 Å². The van der Waals surface area contributed by atoms with Crippen LogP contribution in [0.2, 0.25) is 0 Å². The first kappa shape index (κ1) is 12.2. The quantitative estimate of drug-likeness (QED) is 0.693. The van der Waals surface area contributed by atoms with Crippen molar-refractivity contribution in [3.8, 4) is 0 Å². The number of nitrogens with one attached hydrogen (secondary N) is 1. The number of H-pyrrole nitrogens is 1. The summed E-state index contributed by atoms with van der Waals surface area (Å²) in [5, 5.41) is 1.89. The fraction of sp³-hybridized carbons (Fsp3) is 0.727. The number of hydrogen-bond acceptors (Lipinski definition) is 3. The summed E-state index contributed by atoms with van der Waals surface area (Å²) in [6.45, 7) is 6.28. The van der Waals surface area contributed by atoms with Crippen LogP contribution >= 0.6 is 0 Å². The molecule has 1 aliphatic rings. The van der Waals surface area contributed by atoms with Crippen molar-refractivity contribution in [1.82, 2.24) is 15.0 Å². The molecule has 0 bridgehead atoms. The first-order valence-corrected chi connectivity index (χ1v) is 5.72. The second-order valence-corrected chi connectivity index (χ2v) is 3.96. The zero-order valence-corrected chi connectivity index (χ0v) is 9.79. The molecule has 4 nitrogen and oxygen atoms in total. The highest BCUT2D eigenvalue weighted by Crippen LogP contribution is 2.03. The van der Waals surface area contributed by atoms with E-state index in [1.54, 1.807) is 0 Å². The molecule has 2 heterocycles. The lowest BCUT2D eigenvalue weighted by Crippen LogP contribution is -2.35. The molecule has 0 saturated carbocycles. The van der Waals surface area contributed by atoms with Crippen LogP contribution in [-0.2, 0) is 6.42 Å². The minimum atomic E-state index is 0.994. The lowest BCUT2D eigenvalue weighted by molar-refractivity contribution is 0.235. The second kappa shape index (κ2) is 6.58. The molecular weight excluding hydrogens is 188 g/mol. The number of aromatic nitrogens is 2. The third kappa shape index (κ3) is 4.95. The number of piperidine rings is 1. The van der Waals surface area contributed by atoms with E-state index in [1.165, 1.54) is 19.3 Å². The average molecular weight is 210 g/mol. The number of hydrogen-bond donors (Lipinski definition) is 2. The van der Waals surface area contributed by atoms with Gasteiger partial charge in [-0.3, -0.25) is 5.84 Å². The summed E-state index contributed by atoms with van der Waals surface area (Å²) < 4.78 is 0. The molecule has 0 amide bonds. The maximum atomic E-state index is 5.47. The van der Waals surface area contributed by atoms with Gasteiger partial charge in [0.05, 0.1) is 0 Å². The van der Waals surface area contributed by atoms with Gasteiger partial charge in [0.1, 0.15) is 5.82 Å². The third-order valence-electron chi connectivity index (χ3n) is 2.48. The van der Waals surface area contributed by atoms with Gasteiger partial charge in [0.15, 0.2) is 0 Å². The van der Waals surface area contributed by atoms with E-state index in [4.69, 9.17) is 5.84 Å². The Hall–Kier alpha value is -0.870. The predicted molar refractivity (Wildman–Crippen MR) is 62.3 cm³/mol. The predicted octanol–water partition coefficient (Wildman–Crippen LogP) is 1.63. The molecule has 2 rings (SSSR count). The molecule has 0 unspecified atom stereocenters. The molecule has 1 saturated heterocycles. The number of hydrazine groups is 1. The van der Waals surface area contributed by atoms with Gasteiger partial charge in [0.2, 0.25) is 0 Å². The number of imidazole rings is 1. The fourth-order valence-electron chi connectivity index (χ4n) is 1.56. The monoisotopic (exact) mass is 210 g/mol. The van der Waals surface area contributed by atoms with E-state index >= 15 is 0 Å². The summed E-state index contributed by atoms with van der Waals surface area (Å²) in [7, 11) is 0. The number of nitrogens with two attached hydrogens (primary N) is 1. The van der Waals surface area contributed by atoms with Crippen LogP contribution in [0.15, 0.2) is 6.20 Å². The normalized spacial score (nSPS) is 17.0. The molecule has 3 N–H and O–H groups in total. The standard InChI is InChI=1S/C6H10N2.C5H12N2/c1-3-6-7-4-5(2)8-6;6-7-4-2-1-3-5-7/h4H,3H2,1-2H3,(H,7,8);1-6H2. The molecule has 15 heavy (non-hydrogen) atoms. The molecule has 0 radical (unpaired) electrons. The van der Waals surface area contributed by atoms with Crippen LogP contribution in [0.5, 0.6) is 0 Å². The molecule has 1 aromatic rings. The molecular formula is C11H22N4. The zero-order chi connectivity index (χ0) is 11.1. The minimum absolute atomic E-state index is 0.994. The third-order valence-corrected chi connectivity index (χ3v) is 2.48. The maximum absolute atomic E-state index is 5.47. The first-order valence-electron chi connectivity index (χ1n) is 5.72. The number of nitrogens with zero attached hydrogens (tertiary/aromatic N) is 2. The van der Waals surface area contributed by atoms with E-state index in [1.807, 2.05) is 18.1 Å². The Morgan fingerprint density at radius 2 is 2.07 bits per heavy atom. The van der Waals surface area contributed by atoms with E-state index in [0.717, 1.165) is 31.0 Å². The van der Waals surface area contributed by atoms with E-state index in [9.17, 15) is 0 Å². The molecule has 1 aliphatic heterocycles.